The quantitative estimate of drug-likeness (QED) is 0.0778. The lowest BCUT2D eigenvalue weighted by Gasteiger charge is -2.10. The molecule has 0 radical (unpaired) electrons. The molecule has 0 saturated carbocycles. The zero-order valence-electron chi connectivity index (χ0n) is 23.2. The number of halogens is 3. The van der Waals surface area contributed by atoms with Crippen LogP contribution in [0, 0.1) is 10.1 Å². The second-order valence-electron chi connectivity index (χ2n) is 9.22. The Balaban J connectivity index is 0.000000348. The molecule has 0 saturated heterocycles. The number of nitrogens with two attached hydrogens (primary N) is 1. The Morgan fingerprint density at radius 3 is 1.80 bits per heavy atom. The van der Waals surface area contributed by atoms with Gasteiger partial charge in [0.25, 0.3) is 0 Å². The van der Waals surface area contributed by atoms with E-state index in [1.54, 1.807) is 12.5 Å². The van der Waals surface area contributed by atoms with E-state index in [0.29, 0.717) is 9.08 Å². The molecule has 0 fully saturated rings. The third-order valence-electron chi connectivity index (χ3n) is 5.14. The van der Waals surface area contributed by atoms with Gasteiger partial charge in [-0.1, -0.05) is 14.9 Å². The number of hydrogen-bond donors (Lipinski definition) is 1. The average Bonchev–Trinajstić information content (AvgIpc) is 3.33. The highest BCUT2D eigenvalue weighted by molar-refractivity contribution is 9.11. The van der Waals surface area contributed by atoms with E-state index in [9.17, 15) is 10.1 Å². The van der Waals surface area contributed by atoms with Crippen LogP contribution in [0.1, 0.15) is 42.5 Å². The SMILES string of the molecule is C.C.CC(C)Oc1ccc(-n2cnc3cnc(Br)cc32)cc1.CC(C)Oc1ccc(N)cc1.O=[N+]([O-])c1cnc(Br)cc1Br. The predicted octanol–water partition coefficient (Wildman–Crippen LogP) is 9.81. The van der Waals surface area contributed by atoms with Crippen molar-refractivity contribution in [3.63, 3.8) is 0 Å². The van der Waals surface area contributed by atoms with Crippen molar-refractivity contribution in [3.05, 3.63) is 103 Å². The van der Waals surface area contributed by atoms with Crippen molar-refractivity contribution in [3.8, 4) is 17.2 Å². The van der Waals surface area contributed by atoms with Crippen molar-refractivity contribution in [2.75, 3.05) is 5.73 Å². The second kappa shape index (κ2) is 18.3. The molecule has 0 bridgehead atoms. The molecule has 5 rings (SSSR count). The first-order chi connectivity index (χ1) is 19.9. The van der Waals surface area contributed by atoms with Gasteiger partial charge in [0.2, 0.25) is 0 Å². The summed E-state index contributed by atoms with van der Waals surface area (Å²) in [7, 11) is 0. The first-order valence-electron chi connectivity index (χ1n) is 12.7. The van der Waals surface area contributed by atoms with Crippen LogP contribution in [0.4, 0.5) is 11.4 Å². The molecule has 0 amide bonds. The van der Waals surface area contributed by atoms with Gasteiger partial charge in [0.05, 0.1) is 33.3 Å². The number of benzene rings is 2. The van der Waals surface area contributed by atoms with Crippen molar-refractivity contribution in [2.24, 2.45) is 0 Å². The van der Waals surface area contributed by atoms with Crippen molar-refractivity contribution in [2.45, 2.75) is 54.8 Å². The van der Waals surface area contributed by atoms with Gasteiger partial charge in [0.1, 0.15) is 38.7 Å². The van der Waals surface area contributed by atoms with Crippen LogP contribution < -0.4 is 15.2 Å². The summed E-state index contributed by atoms with van der Waals surface area (Å²) >= 11 is 9.51. The van der Waals surface area contributed by atoms with Crippen LogP contribution in [0.3, 0.4) is 0 Å². The molecule has 0 aliphatic heterocycles. The lowest BCUT2D eigenvalue weighted by Crippen LogP contribution is -2.05. The minimum atomic E-state index is -0.497. The van der Waals surface area contributed by atoms with Crippen molar-refractivity contribution >= 4 is 70.2 Å². The van der Waals surface area contributed by atoms with E-state index in [2.05, 4.69) is 62.7 Å². The van der Waals surface area contributed by atoms with Crippen LogP contribution in [0.5, 0.6) is 11.5 Å². The maximum atomic E-state index is 10.3. The molecule has 5 aromatic rings. The van der Waals surface area contributed by atoms with Crippen molar-refractivity contribution in [1.29, 1.82) is 0 Å². The van der Waals surface area contributed by atoms with E-state index >= 15 is 0 Å². The number of pyridine rings is 2. The zero-order valence-corrected chi connectivity index (χ0v) is 28.0. The Kier molecular flexibility index (Phi) is 16.0. The van der Waals surface area contributed by atoms with Gasteiger partial charge in [0, 0.05) is 11.4 Å². The number of anilines is 1. The average molecular weight is 797 g/mol. The number of nitro groups is 1. The van der Waals surface area contributed by atoms with Gasteiger partial charge in [-0.3, -0.25) is 14.7 Å². The summed E-state index contributed by atoms with van der Waals surface area (Å²) in [5.41, 5.74) is 9.16. The Bertz CT molecular complexity index is 1610. The topological polar surface area (TPSA) is 131 Å². The molecule has 0 atom stereocenters. The third-order valence-corrected chi connectivity index (χ3v) is 6.64. The summed E-state index contributed by atoms with van der Waals surface area (Å²) in [5.74, 6) is 1.74. The van der Waals surface area contributed by atoms with Crippen molar-refractivity contribution < 1.29 is 14.4 Å². The van der Waals surface area contributed by atoms with E-state index in [0.717, 1.165) is 38.5 Å². The molecule has 0 aliphatic rings. The first kappa shape index (κ1) is 38.5. The van der Waals surface area contributed by atoms with Crippen LogP contribution >= 0.6 is 47.8 Å². The zero-order chi connectivity index (χ0) is 30.8. The highest BCUT2D eigenvalue weighted by Gasteiger charge is 2.11. The fraction of sp³-hybridized carbons (Fsp3) is 0.258. The number of hydrogen-bond acceptors (Lipinski definition) is 8. The van der Waals surface area contributed by atoms with Crippen LogP contribution in [-0.4, -0.2) is 36.7 Å². The number of ether oxygens (including phenoxy) is 2. The molecule has 3 heterocycles. The monoisotopic (exact) mass is 794 g/mol. The van der Waals surface area contributed by atoms with E-state index in [4.69, 9.17) is 15.2 Å². The Hall–Kier alpha value is -3.55. The summed E-state index contributed by atoms with van der Waals surface area (Å²) in [6, 6.07) is 18.9. The number of rotatable bonds is 6. The predicted molar refractivity (Wildman–Crippen MR) is 189 cm³/mol. The molecular weight excluding hydrogens is 760 g/mol. The Morgan fingerprint density at radius 2 is 1.30 bits per heavy atom. The van der Waals surface area contributed by atoms with Gasteiger partial charge in [-0.15, -0.1) is 0 Å². The van der Waals surface area contributed by atoms with Crippen LogP contribution in [-0.2, 0) is 0 Å². The third kappa shape index (κ3) is 11.9. The van der Waals surface area contributed by atoms with Gasteiger partial charge >= 0.3 is 5.69 Å². The fourth-order valence-corrected chi connectivity index (χ4v) is 4.83. The normalized spacial score (nSPS) is 10.0. The number of imidazole rings is 1. The van der Waals surface area contributed by atoms with E-state index in [-0.39, 0.29) is 32.7 Å². The van der Waals surface area contributed by atoms with Gasteiger partial charge in [-0.05, 0) is 136 Å². The molecule has 236 valence electrons. The summed E-state index contributed by atoms with van der Waals surface area (Å²) < 4.78 is 14.9. The minimum absolute atomic E-state index is 0. The number of fused-ring (bicyclic) bond motifs is 1. The number of nitrogen functional groups attached to an aromatic ring is 1. The summed E-state index contributed by atoms with van der Waals surface area (Å²) in [4.78, 5) is 22.0. The van der Waals surface area contributed by atoms with E-state index in [1.165, 1.54) is 12.3 Å². The smallest absolute Gasteiger partial charge is 0.301 e. The lowest BCUT2D eigenvalue weighted by atomic mass is 10.3. The van der Waals surface area contributed by atoms with E-state index < -0.39 is 4.92 Å². The molecule has 0 unspecified atom stereocenters. The largest absolute Gasteiger partial charge is 0.491 e. The molecule has 44 heavy (non-hydrogen) atoms. The van der Waals surface area contributed by atoms with Crippen molar-refractivity contribution in [1.82, 2.24) is 19.5 Å². The molecule has 0 aliphatic carbocycles. The van der Waals surface area contributed by atoms with Gasteiger partial charge in [-0.2, -0.15) is 0 Å². The number of aromatic nitrogens is 4. The van der Waals surface area contributed by atoms with Gasteiger partial charge < -0.3 is 15.2 Å². The summed E-state index contributed by atoms with van der Waals surface area (Å²) in [5, 5.41) is 10.3. The second-order valence-corrected chi connectivity index (χ2v) is 11.7. The first-order valence-corrected chi connectivity index (χ1v) is 15.0. The molecule has 10 nitrogen and oxygen atoms in total. The molecule has 2 N–H and O–H groups in total. The Labute approximate surface area is 283 Å². The number of nitrogens with zero attached hydrogens (tertiary/aromatic N) is 5. The van der Waals surface area contributed by atoms with Crippen LogP contribution in [0.15, 0.2) is 93.1 Å². The van der Waals surface area contributed by atoms with Crippen LogP contribution in [0.2, 0.25) is 0 Å². The summed E-state index contributed by atoms with van der Waals surface area (Å²) in [6.07, 6.45) is 5.15. The minimum Gasteiger partial charge on any atom is -0.491 e. The lowest BCUT2D eigenvalue weighted by molar-refractivity contribution is -0.386. The van der Waals surface area contributed by atoms with Gasteiger partial charge in [0.15, 0.2) is 0 Å². The maximum absolute atomic E-state index is 10.3. The van der Waals surface area contributed by atoms with Crippen LogP contribution in [0.25, 0.3) is 16.7 Å². The molecule has 3 aromatic heterocycles. The standard InChI is InChI=1S/C15H14BrN3O.C9H13NO.C5H2Br2N2O2.2CH4/c1-10(2)20-12-5-3-11(4-6-12)19-9-18-13-8-17-15(16)7-14(13)19;1-7(2)11-9-5-3-8(10)4-6-9;6-3-1-5(7)8-2-4(3)9(10)11;;/h3-10H,1-2H3;3-7H,10H2,1-2H3;1-2H;2*1H4. The maximum Gasteiger partial charge on any atom is 0.301 e. The van der Waals surface area contributed by atoms with Gasteiger partial charge in [-0.25, -0.2) is 15.0 Å². The molecule has 2 aromatic carbocycles. The highest BCUT2D eigenvalue weighted by atomic mass is 79.9. The molecule has 0 spiro atoms. The molecule has 13 heteroatoms. The highest BCUT2D eigenvalue weighted by Crippen LogP contribution is 2.25. The summed E-state index contributed by atoms with van der Waals surface area (Å²) in [6.45, 7) is 8.02. The Morgan fingerprint density at radius 1 is 0.795 bits per heavy atom. The fourth-order valence-electron chi connectivity index (χ4n) is 3.40. The van der Waals surface area contributed by atoms with E-state index in [1.807, 2.05) is 86.9 Å². The molecular formula is C31H37Br3N6O4.